The number of ether oxygens (including phenoxy) is 1. The average molecular weight is 378 g/mol. The summed E-state index contributed by atoms with van der Waals surface area (Å²) < 4.78 is 5.87. The van der Waals surface area contributed by atoms with Crippen molar-refractivity contribution in [2.45, 2.75) is 26.3 Å². The number of aromatic nitrogens is 2. The topological polar surface area (TPSA) is 87.3 Å². The molecule has 0 saturated carbocycles. The molecule has 3 aromatic rings. The predicted octanol–water partition coefficient (Wildman–Crippen LogP) is 3.55. The Labute approximate surface area is 162 Å². The zero-order valence-corrected chi connectivity index (χ0v) is 15.8. The number of nitrogens with zero attached hydrogens (tertiary/aromatic N) is 2. The van der Waals surface area contributed by atoms with Crippen LogP contribution < -0.4 is 10.1 Å². The Morgan fingerprint density at radius 3 is 2.86 bits per heavy atom. The Hall–Kier alpha value is -3.35. The van der Waals surface area contributed by atoms with Gasteiger partial charge in [-0.3, -0.25) is 9.59 Å². The number of aromatic amines is 1. The predicted molar refractivity (Wildman–Crippen MR) is 106 cm³/mol. The second kappa shape index (κ2) is 7.34. The fourth-order valence-electron chi connectivity index (χ4n) is 3.42. The standard InChI is InChI=1S/C21H22N4O3/c1-13(2)25-12-14(10-20(25)26)21(27)24-15-6-7-19(23-11-15)28-18-5-3-4-17-16(18)8-9-22-17/h3-9,11,13-14,22H,10,12H2,1-2H3,(H,24,27)/t14-/m0/s1. The first-order valence-electron chi connectivity index (χ1n) is 9.31. The quantitative estimate of drug-likeness (QED) is 0.711. The lowest BCUT2D eigenvalue weighted by molar-refractivity contribution is -0.129. The maximum absolute atomic E-state index is 12.5. The SMILES string of the molecule is CC(C)N1C[C@@H](C(=O)Nc2ccc(Oc3cccc4[nH]ccc34)nc2)CC1=O. The van der Waals surface area contributed by atoms with Gasteiger partial charge in [0.05, 0.1) is 17.8 Å². The maximum atomic E-state index is 12.5. The minimum absolute atomic E-state index is 0.0240. The lowest BCUT2D eigenvalue weighted by Crippen LogP contribution is -2.33. The highest BCUT2D eigenvalue weighted by atomic mass is 16.5. The second-order valence-electron chi connectivity index (χ2n) is 7.21. The molecule has 1 aliphatic heterocycles. The molecule has 2 N–H and O–H groups in total. The number of benzene rings is 1. The molecule has 3 heterocycles. The first kappa shape index (κ1) is 18.0. The van der Waals surface area contributed by atoms with E-state index in [9.17, 15) is 9.59 Å². The summed E-state index contributed by atoms with van der Waals surface area (Å²) in [7, 11) is 0. The van der Waals surface area contributed by atoms with Crippen molar-refractivity contribution in [1.82, 2.24) is 14.9 Å². The summed E-state index contributed by atoms with van der Waals surface area (Å²) in [5.74, 6) is 0.673. The van der Waals surface area contributed by atoms with E-state index in [1.54, 1.807) is 23.2 Å². The maximum Gasteiger partial charge on any atom is 0.229 e. The van der Waals surface area contributed by atoms with Crippen molar-refractivity contribution >= 4 is 28.4 Å². The van der Waals surface area contributed by atoms with E-state index in [0.29, 0.717) is 23.9 Å². The van der Waals surface area contributed by atoms with Crippen LogP contribution in [0.4, 0.5) is 5.69 Å². The Morgan fingerprint density at radius 2 is 2.14 bits per heavy atom. The third kappa shape index (κ3) is 3.55. The van der Waals surface area contributed by atoms with Crippen molar-refractivity contribution in [3.63, 3.8) is 0 Å². The molecule has 7 heteroatoms. The van der Waals surface area contributed by atoms with Gasteiger partial charge in [0.25, 0.3) is 0 Å². The Bertz CT molecular complexity index is 1010. The minimum atomic E-state index is -0.336. The molecular formula is C21H22N4O3. The van der Waals surface area contributed by atoms with Crippen molar-refractivity contribution in [2.24, 2.45) is 5.92 Å². The number of hydrogen-bond acceptors (Lipinski definition) is 4. The number of anilines is 1. The van der Waals surface area contributed by atoms with Gasteiger partial charge in [0.2, 0.25) is 17.7 Å². The third-order valence-corrected chi connectivity index (χ3v) is 4.93. The van der Waals surface area contributed by atoms with Gasteiger partial charge >= 0.3 is 0 Å². The van der Waals surface area contributed by atoms with E-state index < -0.39 is 0 Å². The second-order valence-corrected chi connectivity index (χ2v) is 7.21. The molecule has 1 atom stereocenters. The number of H-pyrrole nitrogens is 1. The smallest absolute Gasteiger partial charge is 0.229 e. The molecule has 1 saturated heterocycles. The summed E-state index contributed by atoms with van der Waals surface area (Å²) in [5.41, 5.74) is 1.57. The normalized spacial score (nSPS) is 16.8. The fourth-order valence-corrected chi connectivity index (χ4v) is 3.42. The van der Waals surface area contributed by atoms with Crippen LogP contribution in [0.2, 0.25) is 0 Å². The summed E-state index contributed by atoms with van der Waals surface area (Å²) in [4.78, 5) is 33.6. The Morgan fingerprint density at radius 1 is 1.29 bits per heavy atom. The van der Waals surface area contributed by atoms with Gasteiger partial charge in [-0.05, 0) is 38.1 Å². The van der Waals surface area contributed by atoms with E-state index in [2.05, 4.69) is 15.3 Å². The molecule has 2 aromatic heterocycles. The van der Waals surface area contributed by atoms with Crippen LogP contribution in [0.25, 0.3) is 10.9 Å². The van der Waals surface area contributed by atoms with Crippen molar-refractivity contribution in [3.8, 4) is 11.6 Å². The summed E-state index contributed by atoms with van der Waals surface area (Å²) in [6.07, 6.45) is 3.67. The highest BCUT2D eigenvalue weighted by Gasteiger charge is 2.35. The van der Waals surface area contributed by atoms with Crippen LogP contribution in [0.5, 0.6) is 11.6 Å². The molecule has 2 amide bonds. The van der Waals surface area contributed by atoms with Gasteiger partial charge in [-0.25, -0.2) is 4.98 Å². The first-order valence-corrected chi connectivity index (χ1v) is 9.31. The number of amides is 2. The average Bonchev–Trinajstić information content (AvgIpc) is 3.30. The number of rotatable bonds is 5. The Kier molecular flexibility index (Phi) is 4.73. The van der Waals surface area contributed by atoms with E-state index in [0.717, 1.165) is 10.9 Å². The van der Waals surface area contributed by atoms with Crippen molar-refractivity contribution < 1.29 is 14.3 Å². The summed E-state index contributed by atoms with van der Waals surface area (Å²) >= 11 is 0. The molecule has 4 rings (SSSR count). The van der Waals surface area contributed by atoms with Gasteiger partial charge in [0, 0.05) is 42.2 Å². The van der Waals surface area contributed by atoms with Crippen LogP contribution in [0.15, 0.2) is 48.8 Å². The van der Waals surface area contributed by atoms with Crippen LogP contribution in [0.1, 0.15) is 20.3 Å². The summed E-state index contributed by atoms with van der Waals surface area (Å²) in [5, 5.41) is 3.81. The molecule has 0 spiro atoms. The van der Waals surface area contributed by atoms with Crippen LogP contribution in [0.3, 0.4) is 0 Å². The number of likely N-dealkylation sites (tertiary alicyclic amines) is 1. The molecule has 1 aliphatic rings. The van der Waals surface area contributed by atoms with E-state index in [-0.39, 0.29) is 30.2 Å². The minimum Gasteiger partial charge on any atom is -0.438 e. The highest BCUT2D eigenvalue weighted by Crippen LogP contribution is 2.29. The molecule has 1 fully saturated rings. The zero-order valence-electron chi connectivity index (χ0n) is 15.8. The zero-order chi connectivity index (χ0) is 19.7. The van der Waals surface area contributed by atoms with Gasteiger partial charge in [-0.2, -0.15) is 0 Å². The molecule has 0 radical (unpaired) electrons. The van der Waals surface area contributed by atoms with Crippen LogP contribution in [-0.4, -0.2) is 39.3 Å². The molecule has 144 valence electrons. The molecule has 28 heavy (non-hydrogen) atoms. The molecule has 0 aliphatic carbocycles. The number of nitrogens with one attached hydrogen (secondary N) is 2. The number of carbonyl (C=O) groups excluding carboxylic acids is 2. The first-order chi connectivity index (χ1) is 13.5. The van der Waals surface area contributed by atoms with Crippen LogP contribution in [-0.2, 0) is 9.59 Å². The van der Waals surface area contributed by atoms with Gasteiger partial charge < -0.3 is 19.9 Å². The Balaban J connectivity index is 1.40. The van der Waals surface area contributed by atoms with Crippen molar-refractivity contribution in [2.75, 3.05) is 11.9 Å². The summed E-state index contributed by atoms with van der Waals surface area (Å²) in [6.45, 7) is 4.36. The van der Waals surface area contributed by atoms with Crippen molar-refractivity contribution in [3.05, 3.63) is 48.8 Å². The lowest BCUT2D eigenvalue weighted by Gasteiger charge is -2.20. The van der Waals surface area contributed by atoms with Crippen LogP contribution >= 0.6 is 0 Å². The number of hydrogen-bond donors (Lipinski definition) is 2. The fraction of sp³-hybridized carbons (Fsp3) is 0.286. The van der Waals surface area contributed by atoms with E-state index in [1.807, 2.05) is 44.3 Å². The molecule has 1 aromatic carbocycles. The van der Waals surface area contributed by atoms with Gasteiger partial charge in [0.1, 0.15) is 5.75 Å². The van der Waals surface area contributed by atoms with E-state index >= 15 is 0 Å². The van der Waals surface area contributed by atoms with Gasteiger partial charge in [-0.1, -0.05) is 6.07 Å². The lowest BCUT2D eigenvalue weighted by atomic mass is 10.1. The number of fused-ring (bicyclic) bond motifs is 1. The summed E-state index contributed by atoms with van der Waals surface area (Å²) in [6, 6.07) is 11.3. The van der Waals surface area contributed by atoms with Crippen LogP contribution in [0, 0.1) is 5.92 Å². The van der Waals surface area contributed by atoms with Crippen molar-refractivity contribution in [1.29, 1.82) is 0 Å². The van der Waals surface area contributed by atoms with E-state index in [1.165, 1.54) is 0 Å². The molecule has 0 unspecified atom stereocenters. The monoisotopic (exact) mass is 378 g/mol. The van der Waals surface area contributed by atoms with Gasteiger partial charge in [0.15, 0.2) is 0 Å². The molecular weight excluding hydrogens is 356 g/mol. The highest BCUT2D eigenvalue weighted by molar-refractivity contribution is 5.97. The van der Waals surface area contributed by atoms with E-state index in [4.69, 9.17) is 4.74 Å². The number of carbonyl (C=O) groups is 2. The number of pyridine rings is 1. The molecule has 0 bridgehead atoms. The third-order valence-electron chi connectivity index (χ3n) is 4.93. The van der Waals surface area contributed by atoms with Gasteiger partial charge in [-0.15, -0.1) is 0 Å². The molecule has 7 nitrogen and oxygen atoms in total. The largest absolute Gasteiger partial charge is 0.438 e.